The fraction of sp³-hybridized carbons (Fsp3) is 0.276. The molecule has 7 nitrogen and oxygen atoms in total. The minimum atomic E-state index is -2.59. The second kappa shape index (κ2) is 12.6. The van der Waals surface area contributed by atoms with Gasteiger partial charge in [-0.2, -0.15) is 5.10 Å². The van der Waals surface area contributed by atoms with Crippen LogP contribution >= 0.6 is 35.5 Å². The van der Waals surface area contributed by atoms with Crippen LogP contribution in [-0.2, 0) is 0 Å². The molecule has 2 heterocycles. The molecule has 0 amide bonds. The lowest BCUT2D eigenvalue weighted by Gasteiger charge is -2.37. The summed E-state index contributed by atoms with van der Waals surface area (Å²) in [5.74, 6) is 0. The average molecular weight is 629 g/mol. The molecule has 0 bridgehead atoms. The molecule has 1 aliphatic rings. The van der Waals surface area contributed by atoms with E-state index in [0.29, 0.717) is 10.2 Å². The van der Waals surface area contributed by atoms with Crippen LogP contribution in [0, 0.1) is 24.0 Å². The van der Waals surface area contributed by atoms with E-state index in [4.69, 9.17) is 9.84 Å². The van der Waals surface area contributed by atoms with E-state index in [0.717, 1.165) is 53.6 Å². The van der Waals surface area contributed by atoms with E-state index in [1.54, 1.807) is 18.2 Å². The van der Waals surface area contributed by atoms with E-state index < -0.39 is 7.21 Å². The number of nitrogens with zero attached hydrogens (tertiary/aromatic N) is 5. The van der Waals surface area contributed by atoms with Crippen molar-refractivity contribution in [3.05, 3.63) is 105 Å². The van der Waals surface area contributed by atoms with E-state index in [-0.39, 0.29) is 23.0 Å². The highest BCUT2D eigenvalue weighted by molar-refractivity contribution is 9.10. The Balaban J connectivity index is 0.00000353. The Morgan fingerprint density at radius 3 is 2.13 bits per heavy atom. The minimum Gasteiger partial charge on any atom is -0.262 e. The van der Waals surface area contributed by atoms with Crippen LogP contribution in [-0.4, -0.2) is 32.5 Å². The van der Waals surface area contributed by atoms with Gasteiger partial charge in [-0.1, -0.05) is 61.4 Å². The van der Waals surface area contributed by atoms with Crippen molar-refractivity contribution in [3.8, 4) is 5.69 Å². The zero-order chi connectivity index (χ0) is 26.7. The van der Waals surface area contributed by atoms with Gasteiger partial charge in [-0.3, -0.25) is 14.8 Å². The van der Waals surface area contributed by atoms with Crippen LogP contribution in [0.5, 0.6) is 0 Å². The molecule has 39 heavy (non-hydrogen) atoms. The smallest absolute Gasteiger partial charge is 0.262 e. The average Bonchev–Trinajstić information content (AvgIpc) is 3.09. The van der Waals surface area contributed by atoms with Crippen LogP contribution in [0.3, 0.4) is 0 Å². The molecule has 204 valence electrons. The molecule has 5 rings (SSSR count). The van der Waals surface area contributed by atoms with Crippen molar-refractivity contribution in [3.63, 3.8) is 0 Å². The van der Waals surface area contributed by atoms with Crippen LogP contribution in [0.15, 0.2) is 88.1 Å². The predicted octanol–water partition coefficient (Wildman–Crippen LogP) is 7.86. The normalized spacial score (nSPS) is 15.6. The van der Waals surface area contributed by atoms with Crippen LogP contribution in [0.4, 0.5) is 11.4 Å². The van der Waals surface area contributed by atoms with E-state index >= 15 is 0 Å². The Morgan fingerprint density at radius 2 is 1.54 bits per heavy atom. The zero-order valence-electron chi connectivity index (χ0n) is 22.0. The van der Waals surface area contributed by atoms with Crippen molar-refractivity contribution in [2.75, 3.05) is 13.1 Å². The number of aryl methyl sites for hydroxylation is 1. The van der Waals surface area contributed by atoms with Gasteiger partial charge in [0, 0.05) is 35.0 Å². The summed E-state index contributed by atoms with van der Waals surface area (Å²) in [7, 11) is -2.59. The first-order chi connectivity index (χ1) is 18.4. The van der Waals surface area contributed by atoms with E-state index in [9.17, 15) is 10.1 Å². The van der Waals surface area contributed by atoms with Crippen molar-refractivity contribution < 1.29 is 4.92 Å². The maximum atomic E-state index is 11.4. The van der Waals surface area contributed by atoms with Gasteiger partial charge in [0.15, 0.2) is 0 Å². The topological polar surface area (TPSA) is 76.6 Å². The molecule has 10 heteroatoms. The third-order valence-electron chi connectivity index (χ3n) is 7.07. The summed E-state index contributed by atoms with van der Waals surface area (Å²) in [6.45, 7) is 6.09. The van der Waals surface area contributed by atoms with Crippen LogP contribution in [0.2, 0.25) is 0 Å². The molecule has 1 unspecified atom stereocenters. The third kappa shape index (κ3) is 5.75. The first-order valence-electron chi connectivity index (χ1n) is 12.9. The Kier molecular flexibility index (Phi) is 9.44. The van der Waals surface area contributed by atoms with Crippen molar-refractivity contribution in [2.24, 2.45) is 4.74 Å². The van der Waals surface area contributed by atoms with Gasteiger partial charge in [0.2, 0.25) is 0 Å². The van der Waals surface area contributed by atoms with E-state index in [2.05, 4.69) is 70.8 Å². The largest absolute Gasteiger partial charge is 0.270 e. The number of nitro benzene ring substituents is 1. The lowest BCUT2D eigenvalue weighted by Crippen LogP contribution is -2.35. The first kappa shape index (κ1) is 29.2. The fourth-order valence-electron chi connectivity index (χ4n) is 5.34. The predicted molar refractivity (Wildman–Crippen MR) is 166 cm³/mol. The fourth-order valence-corrected chi connectivity index (χ4v) is 10.1. The number of benzene rings is 3. The van der Waals surface area contributed by atoms with Crippen LogP contribution in [0.25, 0.3) is 5.69 Å². The second-order valence-corrected chi connectivity index (χ2v) is 13.4. The highest BCUT2D eigenvalue weighted by Crippen LogP contribution is 2.56. The number of hydrogen-bond donors (Lipinski definition) is 0. The summed E-state index contributed by atoms with van der Waals surface area (Å²) in [6, 6.07) is 25.6. The number of rotatable bonds is 6. The molecule has 1 fully saturated rings. The second-order valence-electron chi connectivity index (χ2n) is 9.56. The number of para-hydroxylation sites is 1. The summed E-state index contributed by atoms with van der Waals surface area (Å²) in [4.78, 5) is 11.1. The SMILES string of the molecule is Cc1nn(-c2ccccc2)c(C)c1P(=Nc1ccc([N+](=O)[O-])cc1Br)(c1ccccc1)N1CCCCCC1.Cl. The Bertz CT molecular complexity index is 1500. The molecule has 0 N–H and O–H groups in total. The van der Waals surface area contributed by atoms with Gasteiger partial charge in [-0.15, -0.1) is 12.4 Å². The van der Waals surface area contributed by atoms with E-state index in [1.165, 1.54) is 12.8 Å². The number of aromatic nitrogens is 2. The molecule has 0 spiro atoms. The maximum Gasteiger partial charge on any atom is 0.270 e. The molecule has 1 saturated heterocycles. The first-order valence-corrected chi connectivity index (χ1v) is 15.4. The van der Waals surface area contributed by atoms with Gasteiger partial charge >= 0.3 is 0 Å². The Morgan fingerprint density at radius 1 is 0.923 bits per heavy atom. The lowest BCUT2D eigenvalue weighted by molar-refractivity contribution is -0.384. The molecule has 0 saturated carbocycles. The maximum absolute atomic E-state index is 11.4. The molecule has 4 aromatic rings. The highest BCUT2D eigenvalue weighted by Gasteiger charge is 2.38. The standard InChI is InChI=1S/C29H31BrN5O2P.ClH/c1-22-29(23(2)34(31-22)24-13-7-5-8-14-24)38(26-15-9-6-10-16-26,33-19-11-3-4-12-20-33)32-28-18-17-25(35(36)37)21-27(28)30;/h5-10,13-18,21H,3-4,11-12,19-20H2,1-2H3;1H. The van der Waals surface area contributed by atoms with Crippen molar-refractivity contribution in [1.29, 1.82) is 0 Å². The molecule has 0 radical (unpaired) electrons. The van der Waals surface area contributed by atoms with Gasteiger partial charge in [0.05, 0.1) is 40.2 Å². The molecule has 1 aromatic heterocycles. The van der Waals surface area contributed by atoms with Gasteiger partial charge in [0.25, 0.3) is 5.69 Å². The van der Waals surface area contributed by atoms with Crippen molar-refractivity contribution >= 4 is 57.5 Å². The van der Waals surface area contributed by atoms with Gasteiger partial charge in [0.1, 0.15) is 0 Å². The lowest BCUT2D eigenvalue weighted by atomic mass is 10.2. The quantitative estimate of drug-likeness (QED) is 0.124. The molecule has 1 aliphatic heterocycles. The molecule has 3 aromatic carbocycles. The van der Waals surface area contributed by atoms with Crippen molar-refractivity contribution in [1.82, 2.24) is 14.5 Å². The Labute approximate surface area is 244 Å². The Hall–Kier alpha value is -2.77. The summed E-state index contributed by atoms with van der Waals surface area (Å²) in [5, 5.41) is 18.8. The van der Waals surface area contributed by atoms with Gasteiger partial charge in [-0.25, -0.2) is 9.43 Å². The number of halogens is 2. The molecular weight excluding hydrogens is 597 g/mol. The number of nitro groups is 1. The van der Waals surface area contributed by atoms with E-state index in [1.807, 2.05) is 28.9 Å². The highest BCUT2D eigenvalue weighted by atomic mass is 79.9. The van der Waals surface area contributed by atoms with Crippen LogP contribution < -0.4 is 10.6 Å². The molecule has 0 aliphatic carbocycles. The summed E-state index contributed by atoms with van der Waals surface area (Å²) in [5.41, 5.74) is 3.78. The van der Waals surface area contributed by atoms with Gasteiger partial charge in [-0.05, 0) is 60.8 Å². The third-order valence-corrected chi connectivity index (χ3v) is 11.7. The zero-order valence-corrected chi connectivity index (χ0v) is 25.3. The summed E-state index contributed by atoms with van der Waals surface area (Å²) in [6.07, 6.45) is 4.62. The summed E-state index contributed by atoms with van der Waals surface area (Å²) >= 11 is 3.61. The number of hydrogen-bond acceptors (Lipinski definition) is 4. The van der Waals surface area contributed by atoms with Crippen LogP contribution in [0.1, 0.15) is 37.1 Å². The minimum absolute atomic E-state index is 0. The summed E-state index contributed by atoms with van der Waals surface area (Å²) < 4.78 is 10.9. The number of non-ortho nitro benzene ring substituents is 1. The molecular formula is C29H32BrClN5O2P. The monoisotopic (exact) mass is 627 g/mol. The van der Waals surface area contributed by atoms with Gasteiger partial charge < -0.3 is 0 Å². The van der Waals surface area contributed by atoms with Crippen molar-refractivity contribution in [2.45, 2.75) is 39.5 Å². The molecule has 1 atom stereocenters.